The average Bonchev–Trinajstić information content (AvgIpc) is 3.76. The summed E-state index contributed by atoms with van der Waals surface area (Å²) in [6, 6.07) is 60.4. The minimum Gasteiger partial charge on any atom is -0.455 e. The highest BCUT2D eigenvalue weighted by Gasteiger charge is 2.37. The lowest BCUT2D eigenvalue weighted by molar-refractivity contribution is 0.660. The van der Waals surface area contributed by atoms with Crippen molar-refractivity contribution < 1.29 is 4.42 Å². The van der Waals surface area contributed by atoms with Crippen molar-refractivity contribution in [2.24, 2.45) is 0 Å². The van der Waals surface area contributed by atoms with Gasteiger partial charge in [0.05, 0.1) is 0 Å². The SMILES string of the molecule is CC1(C)c2ccccc2-c2cc(N(c3ccc(-c4cccc5c4oc4cc6ccccc6cc45)cc3)c3ccc4c(c3)-c3ccccc3C4(C)C)ccc21. The summed E-state index contributed by atoms with van der Waals surface area (Å²) in [7, 11) is 0. The maximum absolute atomic E-state index is 6.63. The lowest BCUT2D eigenvalue weighted by atomic mass is 9.82. The van der Waals surface area contributed by atoms with Crippen LogP contribution in [0.25, 0.3) is 66.1 Å². The molecule has 0 spiro atoms. The van der Waals surface area contributed by atoms with E-state index in [2.05, 4.69) is 196 Å². The van der Waals surface area contributed by atoms with Crippen molar-refractivity contribution in [3.8, 4) is 33.4 Å². The molecule has 2 aliphatic rings. The van der Waals surface area contributed by atoms with Gasteiger partial charge in [-0.3, -0.25) is 0 Å². The van der Waals surface area contributed by atoms with Crippen LogP contribution in [0.15, 0.2) is 168 Å². The summed E-state index contributed by atoms with van der Waals surface area (Å²) in [6.07, 6.45) is 0. The Kier molecular flexibility index (Phi) is 6.39. The number of nitrogens with zero attached hydrogens (tertiary/aromatic N) is 1. The van der Waals surface area contributed by atoms with Crippen LogP contribution in [0, 0.1) is 0 Å². The standard InChI is InChI=1S/C52H39NO/c1-51(2)45-18-9-7-14-39(45)42-30-36(24-26-47(42)51)53(37-25-27-48-43(31-37)40-15-8-10-19-46(40)52(48,3)4)35-22-20-32(21-23-35)38-16-11-17-41-44-28-33-12-5-6-13-34(33)29-49(44)54-50(38)41/h5-31H,1-4H3. The van der Waals surface area contributed by atoms with E-state index in [4.69, 9.17) is 4.42 Å². The van der Waals surface area contributed by atoms with Crippen LogP contribution in [0.2, 0.25) is 0 Å². The molecule has 0 radical (unpaired) electrons. The van der Waals surface area contributed by atoms with Gasteiger partial charge in [-0.25, -0.2) is 0 Å². The maximum Gasteiger partial charge on any atom is 0.143 e. The molecule has 1 aromatic heterocycles. The molecule has 0 amide bonds. The monoisotopic (exact) mass is 693 g/mol. The lowest BCUT2D eigenvalue weighted by Gasteiger charge is -2.28. The third-order valence-corrected chi connectivity index (χ3v) is 12.5. The molecule has 11 rings (SSSR count). The van der Waals surface area contributed by atoms with Crippen molar-refractivity contribution in [3.63, 3.8) is 0 Å². The molecule has 0 unspecified atom stereocenters. The summed E-state index contributed by atoms with van der Waals surface area (Å²) in [5.41, 5.74) is 18.2. The lowest BCUT2D eigenvalue weighted by Crippen LogP contribution is -2.16. The molecule has 0 fully saturated rings. The molecule has 0 saturated heterocycles. The Labute approximate surface area is 315 Å². The molecule has 258 valence electrons. The quantitative estimate of drug-likeness (QED) is 0.182. The predicted molar refractivity (Wildman–Crippen MR) is 226 cm³/mol. The molecule has 8 aromatic carbocycles. The second-order valence-electron chi connectivity index (χ2n) is 16.2. The van der Waals surface area contributed by atoms with Crippen LogP contribution in [0.3, 0.4) is 0 Å². The van der Waals surface area contributed by atoms with Crippen molar-refractivity contribution in [2.75, 3.05) is 4.90 Å². The van der Waals surface area contributed by atoms with Gasteiger partial charge in [0.25, 0.3) is 0 Å². The van der Waals surface area contributed by atoms with Crippen LogP contribution >= 0.6 is 0 Å². The summed E-state index contributed by atoms with van der Waals surface area (Å²) >= 11 is 0. The van der Waals surface area contributed by atoms with E-state index in [1.54, 1.807) is 0 Å². The number of hydrogen-bond acceptors (Lipinski definition) is 2. The summed E-state index contributed by atoms with van der Waals surface area (Å²) in [6.45, 7) is 9.38. The first-order chi connectivity index (χ1) is 26.3. The zero-order valence-electron chi connectivity index (χ0n) is 30.9. The predicted octanol–water partition coefficient (Wildman–Crippen LogP) is 14.5. The van der Waals surface area contributed by atoms with Crippen molar-refractivity contribution in [2.45, 2.75) is 38.5 Å². The molecule has 54 heavy (non-hydrogen) atoms. The van der Waals surface area contributed by atoms with E-state index in [-0.39, 0.29) is 10.8 Å². The van der Waals surface area contributed by atoms with E-state index in [1.807, 2.05) is 0 Å². The molecule has 1 heterocycles. The number of anilines is 3. The van der Waals surface area contributed by atoms with Crippen LogP contribution in [0.1, 0.15) is 49.9 Å². The highest BCUT2D eigenvalue weighted by Crippen LogP contribution is 2.53. The van der Waals surface area contributed by atoms with Gasteiger partial charge in [0.15, 0.2) is 0 Å². The summed E-state index contributed by atoms with van der Waals surface area (Å²) in [5, 5.41) is 4.70. The molecule has 9 aromatic rings. The molecule has 2 nitrogen and oxygen atoms in total. The summed E-state index contributed by atoms with van der Waals surface area (Å²) in [4.78, 5) is 2.43. The number of benzene rings is 8. The van der Waals surface area contributed by atoms with Gasteiger partial charge in [-0.15, -0.1) is 0 Å². The van der Waals surface area contributed by atoms with E-state index in [9.17, 15) is 0 Å². The molecular weight excluding hydrogens is 655 g/mol. The third-order valence-electron chi connectivity index (χ3n) is 12.5. The van der Waals surface area contributed by atoms with E-state index >= 15 is 0 Å². The van der Waals surface area contributed by atoms with Crippen LogP contribution in [0.5, 0.6) is 0 Å². The van der Waals surface area contributed by atoms with Gasteiger partial charge in [-0.1, -0.05) is 143 Å². The molecular formula is C52H39NO. The van der Waals surface area contributed by atoms with Crippen molar-refractivity contribution in [3.05, 3.63) is 186 Å². The first-order valence-corrected chi connectivity index (χ1v) is 19.0. The first kappa shape index (κ1) is 31.2. The van der Waals surface area contributed by atoms with Gasteiger partial charge in [0.2, 0.25) is 0 Å². The molecule has 2 aliphatic carbocycles. The fraction of sp³-hybridized carbons (Fsp3) is 0.115. The van der Waals surface area contributed by atoms with E-state index in [1.165, 1.54) is 55.3 Å². The van der Waals surface area contributed by atoms with Crippen LogP contribution < -0.4 is 4.90 Å². The average molecular weight is 694 g/mol. The smallest absolute Gasteiger partial charge is 0.143 e. The largest absolute Gasteiger partial charge is 0.455 e. The van der Waals surface area contributed by atoms with Crippen LogP contribution in [0.4, 0.5) is 17.1 Å². The topological polar surface area (TPSA) is 16.4 Å². The number of hydrogen-bond donors (Lipinski definition) is 0. The highest BCUT2D eigenvalue weighted by molar-refractivity contribution is 6.13. The first-order valence-electron chi connectivity index (χ1n) is 19.0. The minimum absolute atomic E-state index is 0.0514. The minimum atomic E-state index is -0.0514. The molecule has 0 saturated carbocycles. The Bertz CT molecular complexity index is 2890. The van der Waals surface area contributed by atoms with Crippen molar-refractivity contribution in [1.29, 1.82) is 0 Å². The number of furan rings is 1. The third kappa shape index (κ3) is 4.34. The van der Waals surface area contributed by atoms with Gasteiger partial charge in [-0.05, 0) is 109 Å². The Hall–Kier alpha value is -6.38. The van der Waals surface area contributed by atoms with Gasteiger partial charge < -0.3 is 9.32 Å². The zero-order chi connectivity index (χ0) is 36.3. The van der Waals surface area contributed by atoms with Crippen molar-refractivity contribution >= 4 is 49.8 Å². The number of fused-ring (bicyclic) bond motifs is 10. The van der Waals surface area contributed by atoms with Crippen molar-refractivity contribution in [1.82, 2.24) is 0 Å². The number of rotatable bonds is 4. The molecule has 0 N–H and O–H groups in total. The number of para-hydroxylation sites is 1. The Morgan fingerprint density at radius 2 is 0.889 bits per heavy atom. The maximum atomic E-state index is 6.63. The van der Waals surface area contributed by atoms with E-state index in [0.29, 0.717) is 0 Å². The van der Waals surface area contributed by atoms with Gasteiger partial charge in [0.1, 0.15) is 11.2 Å². The van der Waals surface area contributed by atoms with Gasteiger partial charge in [0, 0.05) is 44.2 Å². The van der Waals surface area contributed by atoms with Crippen LogP contribution in [-0.2, 0) is 10.8 Å². The zero-order valence-corrected chi connectivity index (χ0v) is 30.9. The Morgan fingerprint density at radius 3 is 1.50 bits per heavy atom. The van der Waals surface area contributed by atoms with Gasteiger partial charge >= 0.3 is 0 Å². The normalized spacial score (nSPS) is 14.6. The Balaban J connectivity index is 1.07. The summed E-state index contributed by atoms with van der Waals surface area (Å²) in [5.74, 6) is 0. The van der Waals surface area contributed by atoms with Crippen LogP contribution in [-0.4, -0.2) is 0 Å². The van der Waals surface area contributed by atoms with E-state index in [0.717, 1.165) is 50.1 Å². The fourth-order valence-electron chi connectivity index (χ4n) is 9.64. The molecule has 0 aliphatic heterocycles. The fourth-order valence-corrected chi connectivity index (χ4v) is 9.64. The molecule has 0 bridgehead atoms. The molecule has 2 heteroatoms. The Morgan fingerprint density at radius 1 is 0.389 bits per heavy atom. The second-order valence-corrected chi connectivity index (χ2v) is 16.2. The second kappa shape index (κ2) is 11.1. The van der Waals surface area contributed by atoms with Gasteiger partial charge in [-0.2, -0.15) is 0 Å². The molecule has 0 atom stereocenters. The summed E-state index contributed by atoms with van der Waals surface area (Å²) < 4.78 is 6.63. The highest BCUT2D eigenvalue weighted by atomic mass is 16.3. The van der Waals surface area contributed by atoms with E-state index < -0.39 is 0 Å².